The minimum atomic E-state index is -0.250. The number of halogens is 1. The SMILES string of the molecule is CCN1CC(N2CCCc3cc(Cl)cc(-c4ccnc5cc(CN6C(=O)CCC6=O)sc45)c32)C1.O=CO. The molecule has 10 heteroatoms. The molecule has 2 aromatic heterocycles. The third-order valence-electron chi connectivity index (χ3n) is 7.33. The van der Waals surface area contributed by atoms with Crippen LogP contribution in [0.4, 0.5) is 5.69 Å². The number of aromatic nitrogens is 1. The predicted molar refractivity (Wildman–Crippen MR) is 145 cm³/mol. The second-order valence-electron chi connectivity index (χ2n) is 9.53. The van der Waals surface area contributed by atoms with Crippen LogP contribution in [0, 0.1) is 0 Å². The van der Waals surface area contributed by atoms with E-state index < -0.39 is 0 Å². The first-order valence-electron chi connectivity index (χ1n) is 12.5. The third-order valence-corrected chi connectivity index (χ3v) is 8.69. The summed E-state index contributed by atoms with van der Waals surface area (Å²) in [5.41, 5.74) is 5.81. The van der Waals surface area contributed by atoms with E-state index in [1.807, 2.05) is 12.3 Å². The van der Waals surface area contributed by atoms with E-state index in [1.165, 1.54) is 16.2 Å². The molecule has 0 radical (unpaired) electrons. The van der Waals surface area contributed by atoms with Gasteiger partial charge in [-0.05, 0) is 49.2 Å². The predicted octanol–water partition coefficient (Wildman–Crippen LogP) is 4.42. The van der Waals surface area contributed by atoms with Crippen LogP contribution in [0.3, 0.4) is 0 Å². The van der Waals surface area contributed by atoms with Crippen molar-refractivity contribution in [2.24, 2.45) is 0 Å². The maximum atomic E-state index is 12.1. The summed E-state index contributed by atoms with van der Waals surface area (Å²) in [6, 6.07) is 8.85. The number of benzene rings is 1. The number of likely N-dealkylation sites (tertiary alicyclic amines) is 2. The summed E-state index contributed by atoms with van der Waals surface area (Å²) in [4.78, 5) is 44.7. The molecule has 0 saturated carbocycles. The number of fused-ring (bicyclic) bond motifs is 2. The molecule has 2 amide bonds. The molecule has 0 spiro atoms. The van der Waals surface area contributed by atoms with Gasteiger partial charge in [0.05, 0.1) is 22.8 Å². The average molecular weight is 541 g/mol. The Labute approximate surface area is 224 Å². The van der Waals surface area contributed by atoms with Crippen LogP contribution in [0.2, 0.25) is 5.02 Å². The highest BCUT2D eigenvalue weighted by Gasteiger charge is 2.35. The lowest BCUT2D eigenvalue weighted by atomic mass is 9.91. The van der Waals surface area contributed by atoms with Gasteiger partial charge in [0.2, 0.25) is 11.8 Å². The Morgan fingerprint density at radius 3 is 2.57 bits per heavy atom. The van der Waals surface area contributed by atoms with Gasteiger partial charge in [-0.1, -0.05) is 18.5 Å². The van der Waals surface area contributed by atoms with Crippen molar-refractivity contribution in [2.45, 2.75) is 45.2 Å². The maximum absolute atomic E-state index is 12.1. The molecule has 1 N–H and O–H groups in total. The van der Waals surface area contributed by atoms with E-state index in [0.717, 1.165) is 70.3 Å². The Balaban J connectivity index is 0.000000892. The van der Waals surface area contributed by atoms with Crippen molar-refractivity contribution in [1.82, 2.24) is 14.8 Å². The van der Waals surface area contributed by atoms with E-state index in [1.54, 1.807) is 11.3 Å². The molecule has 0 unspecified atom stereocenters. The fourth-order valence-electron chi connectivity index (χ4n) is 5.54. The highest BCUT2D eigenvalue weighted by atomic mass is 35.5. The summed E-state index contributed by atoms with van der Waals surface area (Å²) in [6.45, 7) is 6.65. The molecule has 3 aromatic rings. The van der Waals surface area contributed by atoms with Gasteiger partial charge in [0.25, 0.3) is 6.47 Å². The highest BCUT2D eigenvalue weighted by Crippen LogP contribution is 2.45. The summed E-state index contributed by atoms with van der Waals surface area (Å²) < 4.78 is 1.08. The van der Waals surface area contributed by atoms with Crippen molar-refractivity contribution in [3.05, 3.63) is 45.9 Å². The molecule has 0 aliphatic carbocycles. The lowest BCUT2D eigenvalue weighted by molar-refractivity contribution is -0.139. The zero-order valence-electron chi connectivity index (χ0n) is 20.7. The Kier molecular flexibility index (Phi) is 7.46. The lowest BCUT2D eigenvalue weighted by Crippen LogP contribution is -2.60. The number of carboxylic acid groups (broad SMARTS) is 1. The van der Waals surface area contributed by atoms with E-state index in [0.29, 0.717) is 25.4 Å². The van der Waals surface area contributed by atoms with Crippen LogP contribution in [-0.2, 0) is 27.3 Å². The van der Waals surface area contributed by atoms with Crippen molar-refractivity contribution in [3.63, 3.8) is 0 Å². The van der Waals surface area contributed by atoms with Gasteiger partial charge in [0.15, 0.2) is 0 Å². The molecule has 8 nitrogen and oxygen atoms in total. The first-order valence-corrected chi connectivity index (χ1v) is 13.7. The number of carbonyl (C=O) groups is 3. The number of pyridine rings is 1. The smallest absolute Gasteiger partial charge is 0.290 e. The molecule has 194 valence electrons. The summed E-state index contributed by atoms with van der Waals surface area (Å²) in [5, 5.41) is 7.65. The molecule has 0 bridgehead atoms. The fourth-order valence-corrected chi connectivity index (χ4v) is 6.91. The standard InChI is InChI=1S/C26H27ClN4O2S.CH2O2/c1-2-29-13-18(14-29)30-9-3-4-16-10-17(27)11-21(25(16)30)20-7-8-28-22-12-19(34-26(20)22)15-31-23(32)5-6-24(31)33;2-1-3/h7-8,10-12,18H,2-6,9,13-15H2,1H3;1H,(H,2,3). The minimum Gasteiger partial charge on any atom is -0.483 e. The van der Waals surface area contributed by atoms with Crippen LogP contribution in [0.25, 0.3) is 21.3 Å². The number of nitrogens with zero attached hydrogens (tertiary/aromatic N) is 4. The van der Waals surface area contributed by atoms with Gasteiger partial charge in [-0.15, -0.1) is 11.3 Å². The fraction of sp³-hybridized carbons (Fsp3) is 0.407. The van der Waals surface area contributed by atoms with Gasteiger partial charge >= 0.3 is 0 Å². The zero-order valence-corrected chi connectivity index (χ0v) is 22.2. The maximum Gasteiger partial charge on any atom is 0.290 e. The Morgan fingerprint density at radius 2 is 1.86 bits per heavy atom. The van der Waals surface area contributed by atoms with Crippen LogP contribution >= 0.6 is 22.9 Å². The quantitative estimate of drug-likeness (QED) is 0.378. The number of hydrogen-bond donors (Lipinski definition) is 1. The topological polar surface area (TPSA) is 94.0 Å². The van der Waals surface area contributed by atoms with Gasteiger partial charge in [-0.2, -0.15) is 0 Å². The Hall–Kier alpha value is -3.01. The minimum absolute atomic E-state index is 0.0863. The van der Waals surface area contributed by atoms with Crippen LogP contribution in [0.5, 0.6) is 0 Å². The number of imide groups is 1. The number of amides is 2. The second kappa shape index (κ2) is 10.8. The lowest BCUT2D eigenvalue weighted by Gasteiger charge is -2.48. The number of aryl methyl sites for hydroxylation is 1. The number of hydrogen-bond acceptors (Lipinski definition) is 7. The van der Waals surface area contributed by atoms with E-state index in [9.17, 15) is 9.59 Å². The summed E-state index contributed by atoms with van der Waals surface area (Å²) >= 11 is 8.25. The molecular formula is C27H29ClN4O4S. The van der Waals surface area contributed by atoms with Crippen molar-refractivity contribution in [2.75, 3.05) is 31.1 Å². The number of anilines is 1. The Morgan fingerprint density at radius 1 is 1.14 bits per heavy atom. The van der Waals surface area contributed by atoms with Gasteiger partial charge in [0.1, 0.15) is 0 Å². The zero-order chi connectivity index (χ0) is 26.1. The van der Waals surface area contributed by atoms with Crippen molar-refractivity contribution in [1.29, 1.82) is 0 Å². The first-order chi connectivity index (χ1) is 17.9. The first kappa shape index (κ1) is 25.6. The average Bonchev–Trinajstić information content (AvgIpc) is 3.41. The van der Waals surface area contributed by atoms with Gasteiger partial charge < -0.3 is 10.0 Å². The molecule has 2 fully saturated rings. The molecule has 3 aliphatic heterocycles. The van der Waals surface area contributed by atoms with E-state index in [-0.39, 0.29) is 18.3 Å². The summed E-state index contributed by atoms with van der Waals surface area (Å²) in [5.74, 6) is -0.173. The molecule has 1 aromatic carbocycles. The Bertz CT molecular complexity index is 1340. The van der Waals surface area contributed by atoms with Crippen LogP contribution in [-0.4, -0.2) is 70.4 Å². The van der Waals surface area contributed by atoms with E-state index in [2.05, 4.69) is 39.9 Å². The van der Waals surface area contributed by atoms with Crippen molar-refractivity contribution in [3.8, 4) is 11.1 Å². The van der Waals surface area contributed by atoms with Gasteiger partial charge in [-0.25, -0.2) is 0 Å². The molecule has 37 heavy (non-hydrogen) atoms. The molecule has 5 heterocycles. The summed E-state index contributed by atoms with van der Waals surface area (Å²) in [7, 11) is 0. The third kappa shape index (κ3) is 4.95. The molecule has 2 saturated heterocycles. The highest BCUT2D eigenvalue weighted by molar-refractivity contribution is 7.19. The largest absolute Gasteiger partial charge is 0.483 e. The van der Waals surface area contributed by atoms with Gasteiger partial charge in [0, 0.05) is 65.4 Å². The number of likely N-dealkylation sites (N-methyl/N-ethyl adjacent to an activating group) is 1. The molecule has 0 atom stereocenters. The van der Waals surface area contributed by atoms with E-state index in [4.69, 9.17) is 21.5 Å². The monoisotopic (exact) mass is 540 g/mol. The van der Waals surface area contributed by atoms with Crippen molar-refractivity contribution < 1.29 is 19.5 Å². The molecular weight excluding hydrogens is 512 g/mol. The number of carbonyl (C=O) groups excluding carboxylic acids is 2. The van der Waals surface area contributed by atoms with Crippen molar-refractivity contribution >= 4 is 57.1 Å². The molecule has 3 aliphatic rings. The van der Waals surface area contributed by atoms with Crippen LogP contribution < -0.4 is 4.90 Å². The van der Waals surface area contributed by atoms with Crippen LogP contribution in [0.15, 0.2) is 30.5 Å². The number of rotatable bonds is 5. The summed E-state index contributed by atoms with van der Waals surface area (Å²) in [6.07, 6.45) is 4.65. The second-order valence-corrected chi connectivity index (χ2v) is 11.1. The van der Waals surface area contributed by atoms with Crippen LogP contribution in [0.1, 0.15) is 36.6 Å². The molecule has 6 rings (SSSR count). The number of thiophene rings is 1. The normalized spacial score (nSPS) is 18.0. The van der Waals surface area contributed by atoms with E-state index >= 15 is 0 Å². The van der Waals surface area contributed by atoms with Gasteiger partial charge in [-0.3, -0.25) is 29.2 Å².